The average molecular weight is 791 g/mol. The Morgan fingerprint density at radius 1 is 0.811 bits per heavy atom. The SMILES string of the molecule is CN=S1(=O)CCN(c2ccc(N3C[C@H](CN)OC3=O)cc2F)CC1.CN=S1(=O)CCN(c2ccc(N3C[C@H](CNC(=O)C(F)F)OC3=O)cc2F)CC1. The van der Waals surface area contributed by atoms with Crippen LogP contribution < -0.4 is 30.7 Å². The molecule has 4 aliphatic rings. The monoisotopic (exact) mass is 790 g/mol. The van der Waals surface area contributed by atoms with Gasteiger partial charge in [0.05, 0.1) is 42.4 Å². The summed E-state index contributed by atoms with van der Waals surface area (Å²) in [4.78, 5) is 41.0. The number of hydrogen-bond donors (Lipinski definition) is 2. The fourth-order valence-corrected chi connectivity index (χ4v) is 9.27. The summed E-state index contributed by atoms with van der Waals surface area (Å²) in [5, 5.41) is 1.99. The van der Waals surface area contributed by atoms with Gasteiger partial charge in [-0.15, -0.1) is 0 Å². The smallest absolute Gasteiger partial charge is 0.414 e. The minimum Gasteiger partial charge on any atom is -0.443 e. The maximum Gasteiger partial charge on any atom is 0.414 e. The van der Waals surface area contributed by atoms with Crippen molar-refractivity contribution in [2.24, 2.45) is 14.5 Å². The van der Waals surface area contributed by atoms with E-state index in [4.69, 9.17) is 15.2 Å². The second kappa shape index (κ2) is 16.8. The lowest BCUT2D eigenvalue weighted by Crippen LogP contribution is -2.40. The Kier molecular flexibility index (Phi) is 12.6. The Morgan fingerprint density at radius 2 is 1.23 bits per heavy atom. The molecule has 4 aliphatic heterocycles. The van der Waals surface area contributed by atoms with Crippen LogP contribution in [0.15, 0.2) is 45.1 Å². The molecule has 53 heavy (non-hydrogen) atoms. The number of alkyl halides is 2. The number of nitrogens with one attached hydrogen (secondary N) is 1. The largest absolute Gasteiger partial charge is 0.443 e. The molecule has 0 spiro atoms. The molecule has 0 aromatic heterocycles. The summed E-state index contributed by atoms with van der Waals surface area (Å²) in [6.45, 7) is 2.08. The van der Waals surface area contributed by atoms with Crippen LogP contribution in [0, 0.1) is 11.6 Å². The molecule has 0 radical (unpaired) electrons. The second-order valence-corrected chi connectivity index (χ2v) is 17.9. The minimum atomic E-state index is -3.15. The van der Waals surface area contributed by atoms with Gasteiger partial charge < -0.3 is 30.3 Å². The average Bonchev–Trinajstić information content (AvgIpc) is 3.73. The summed E-state index contributed by atoms with van der Waals surface area (Å²) in [6.07, 6.45) is -5.61. The highest BCUT2D eigenvalue weighted by Gasteiger charge is 2.35. The van der Waals surface area contributed by atoms with Gasteiger partial charge in [0.1, 0.15) is 23.8 Å². The summed E-state index contributed by atoms with van der Waals surface area (Å²) >= 11 is 0. The van der Waals surface area contributed by atoms with Gasteiger partial charge in [-0.3, -0.25) is 14.6 Å². The normalized spacial score (nSPS) is 22.2. The number of carbonyl (C=O) groups is 3. The van der Waals surface area contributed by atoms with Crippen LogP contribution in [0.25, 0.3) is 0 Å². The molecule has 292 valence electrons. The third-order valence-corrected chi connectivity index (χ3v) is 13.9. The van der Waals surface area contributed by atoms with Crippen molar-refractivity contribution in [2.75, 3.05) is 109 Å². The van der Waals surface area contributed by atoms with E-state index in [2.05, 4.69) is 8.73 Å². The summed E-state index contributed by atoms with van der Waals surface area (Å²) in [5.74, 6) is -0.839. The van der Waals surface area contributed by atoms with E-state index in [0.29, 0.717) is 72.8 Å². The number of benzene rings is 2. The van der Waals surface area contributed by atoms with Gasteiger partial charge in [0, 0.05) is 89.3 Å². The maximum absolute atomic E-state index is 14.7. The van der Waals surface area contributed by atoms with Gasteiger partial charge >= 0.3 is 18.6 Å². The quantitative estimate of drug-likeness (QED) is 0.378. The van der Waals surface area contributed by atoms with Crippen molar-refractivity contribution in [2.45, 2.75) is 18.6 Å². The number of anilines is 4. The number of rotatable bonds is 8. The Bertz CT molecular complexity index is 1930. The summed E-state index contributed by atoms with van der Waals surface area (Å²) in [6, 6.07) is 8.92. The molecule has 4 heterocycles. The van der Waals surface area contributed by atoms with Crippen molar-refractivity contribution in [3.05, 3.63) is 48.0 Å². The van der Waals surface area contributed by atoms with Crippen molar-refractivity contribution < 1.29 is 49.8 Å². The number of halogens is 4. The number of amides is 3. The molecule has 3 N–H and O–H groups in total. The fourth-order valence-electron chi connectivity index (χ4n) is 6.11. The van der Waals surface area contributed by atoms with Gasteiger partial charge in [0.25, 0.3) is 5.91 Å². The molecule has 6 rings (SSSR count). The van der Waals surface area contributed by atoms with E-state index < -0.39 is 61.7 Å². The molecular weight excluding hydrogens is 749 g/mol. The number of ether oxygens (including phenoxy) is 2. The molecule has 2 aromatic carbocycles. The number of nitrogens with two attached hydrogens (primary N) is 1. The zero-order valence-electron chi connectivity index (χ0n) is 29.1. The van der Waals surface area contributed by atoms with E-state index in [0.717, 1.165) is 0 Å². The van der Waals surface area contributed by atoms with Gasteiger partial charge in [0.15, 0.2) is 0 Å². The van der Waals surface area contributed by atoms with E-state index >= 15 is 0 Å². The van der Waals surface area contributed by atoms with Gasteiger partial charge in [-0.05, 0) is 36.4 Å². The van der Waals surface area contributed by atoms with Gasteiger partial charge in [-0.1, -0.05) is 0 Å². The van der Waals surface area contributed by atoms with Crippen LogP contribution in [0.5, 0.6) is 0 Å². The van der Waals surface area contributed by atoms with Crippen LogP contribution in [0.3, 0.4) is 0 Å². The molecule has 2 atom stereocenters. The van der Waals surface area contributed by atoms with Gasteiger partial charge in [0.2, 0.25) is 0 Å². The van der Waals surface area contributed by atoms with Crippen LogP contribution in [0.2, 0.25) is 0 Å². The highest BCUT2D eigenvalue weighted by atomic mass is 32.2. The summed E-state index contributed by atoms with van der Waals surface area (Å²) in [5.41, 5.74) is 6.98. The summed E-state index contributed by atoms with van der Waals surface area (Å²) in [7, 11) is -1.27. The topological polar surface area (TPSA) is 180 Å². The van der Waals surface area contributed by atoms with Crippen LogP contribution >= 0.6 is 0 Å². The lowest BCUT2D eigenvalue weighted by Gasteiger charge is -2.31. The molecular formula is C32H42F4N8O7S2. The van der Waals surface area contributed by atoms with Crippen LogP contribution in [0.1, 0.15) is 0 Å². The molecule has 21 heteroatoms. The zero-order valence-corrected chi connectivity index (χ0v) is 30.8. The van der Waals surface area contributed by atoms with Crippen molar-refractivity contribution in [3.8, 4) is 0 Å². The third-order valence-electron chi connectivity index (χ3n) is 9.27. The summed E-state index contributed by atoms with van der Waals surface area (Å²) < 4.78 is 96.1. The molecule has 2 aromatic rings. The molecule has 15 nitrogen and oxygen atoms in total. The minimum absolute atomic E-state index is 0.00901. The number of hydrogen-bond acceptors (Lipinski definition) is 12. The Hall–Kier alpha value is -4.37. The van der Waals surface area contributed by atoms with Crippen LogP contribution in [-0.4, -0.2) is 135 Å². The third kappa shape index (κ3) is 9.42. The van der Waals surface area contributed by atoms with E-state index in [9.17, 15) is 40.4 Å². The second-order valence-electron chi connectivity index (χ2n) is 12.5. The maximum atomic E-state index is 14.7. The number of nitrogens with zero attached hydrogens (tertiary/aromatic N) is 6. The Balaban J connectivity index is 0.000000208. The molecule has 0 aliphatic carbocycles. The van der Waals surface area contributed by atoms with Gasteiger partial charge in [-0.2, -0.15) is 8.78 Å². The van der Waals surface area contributed by atoms with Crippen molar-refractivity contribution in [1.82, 2.24) is 5.32 Å². The highest BCUT2D eigenvalue weighted by Crippen LogP contribution is 2.30. The van der Waals surface area contributed by atoms with Crippen molar-refractivity contribution in [3.63, 3.8) is 0 Å². The van der Waals surface area contributed by atoms with E-state index in [1.165, 1.54) is 35.0 Å². The molecule has 0 saturated carbocycles. The van der Waals surface area contributed by atoms with E-state index in [1.54, 1.807) is 30.1 Å². The predicted molar refractivity (Wildman–Crippen MR) is 193 cm³/mol. The molecule has 0 bridgehead atoms. The molecule has 3 amide bonds. The standard InChI is InChI=1S/C17H21F3N4O4S.C15H21FN4O3S/c1-21-29(27)6-4-23(5-7-29)14-3-2-11(8-13(14)18)24-10-12(28-17(24)26)9-22-16(25)15(19)20;1-18-24(22)6-4-19(5-7-24)14-3-2-11(8-13(14)16)20-10-12(9-17)23-15(20)21/h2-3,8,12,15H,4-7,9-10H2,1H3,(H,22,25);2-3,8,12H,4-7,9-10,17H2,1H3/t2*12-/m00/s1. The number of carbonyl (C=O) groups excluding carboxylic acids is 3. The van der Waals surface area contributed by atoms with Crippen LogP contribution in [0.4, 0.5) is 49.9 Å². The van der Waals surface area contributed by atoms with E-state index in [-0.39, 0.29) is 31.4 Å². The Morgan fingerprint density at radius 3 is 1.58 bits per heavy atom. The highest BCUT2D eigenvalue weighted by molar-refractivity contribution is 7.94. The van der Waals surface area contributed by atoms with Crippen molar-refractivity contribution >= 4 is 60.3 Å². The van der Waals surface area contributed by atoms with Gasteiger partial charge in [-0.25, -0.2) is 35.5 Å². The fraction of sp³-hybridized carbons (Fsp3) is 0.531. The van der Waals surface area contributed by atoms with Crippen LogP contribution in [-0.2, 0) is 33.7 Å². The van der Waals surface area contributed by atoms with Crippen molar-refractivity contribution in [1.29, 1.82) is 0 Å². The molecule has 4 saturated heterocycles. The molecule has 0 unspecified atom stereocenters. The lowest BCUT2D eigenvalue weighted by atomic mass is 10.2. The first-order valence-corrected chi connectivity index (χ1v) is 20.4. The first kappa shape index (κ1) is 39.8. The van der Waals surface area contributed by atoms with E-state index in [1.807, 2.05) is 10.2 Å². The Labute approximate surface area is 305 Å². The molecule has 4 fully saturated rings. The zero-order chi connectivity index (χ0) is 38.5. The number of cyclic esters (lactones) is 2. The predicted octanol–water partition coefficient (Wildman–Crippen LogP) is 2.48. The first-order valence-electron chi connectivity index (χ1n) is 16.7. The first-order chi connectivity index (χ1) is 25.2. The lowest BCUT2D eigenvalue weighted by molar-refractivity contribution is -0.132.